The van der Waals surface area contributed by atoms with Crippen molar-refractivity contribution in [3.63, 3.8) is 0 Å². The van der Waals surface area contributed by atoms with Gasteiger partial charge in [0.2, 0.25) is 0 Å². The van der Waals surface area contributed by atoms with Crippen molar-refractivity contribution in [2.75, 3.05) is 6.61 Å². The zero-order valence-electron chi connectivity index (χ0n) is 18.5. The SMILES string of the molecule is CCCCCCCCCCOC(=O)C(CC(C)(C)C)(C(C)(C)C)C(F)(F)F. The molecule has 2 nitrogen and oxygen atoms in total. The summed E-state index contributed by atoms with van der Waals surface area (Å²) in [6, 6.07) is 0. The lowest BCUT2D eigenvalue weighted by Crippen LogP contribution is -2.56. The fraction of sp³-hybridized carbons (Fsp3) is 0.955. The summed E-state index contributed by atoms with van der Waals surface area (Å²) >= 11 is 0. The first kappa shape index (κ1) is 26.3. The molecule has 0 aliphatic carbocycles. The van der Waals surface area contributed by atoms with Crippen molar-refractivity contribution in [3.05, 3.63) is 0 Å². The zero-order valence-corrected chi connectivity index (χ0v) is 18.5. The molecule has 0 saturated carbocycles. The van der Waals surface area contributed by atoms with Crippen LogP contribution in [0.3, 0.4) is 0 Å². The summed E-state index contributed by atoms with van der Waals surface area (Å²) in [4.78, 5) is 12.7. The second kappa shape index (κ2) is 10.7. The Labute approximate surface area is 164 Å². The molecule has 0 aromatic heterocycles. The summed E-state index contributed by atoms with van der Waals surface area (Å²) in [7, 11) is 0. The van der Waals surface area contributed by atoms with Crippen molar-refractivity contribution in [1.82, 2.24) is 0 Å². The molecule has 0 aromatic rings. The Morgan fingerprint density at radius 1 is 0.778 bits per heavy atom. The largest absolute Gasteiger partial charge is 0.465 e. The minimum absolute atomic E-state index is 0.0614. The van der Waals surface area contributed by atoms with Gasteiger partial charge in [0.15, 0.2) is 5.41 Å². The molecule has 0 rings (SSSR count). The molecule has 0 bridgehead atoms. The number of unbranched alkanes of at least 4 members (excludes halogenated alkanes) is 7. The van der Waals surface area contributed by atoms with Gasteiger partial charge in [-0.15, -0.1) is 0 Å². The van der Waals surface area contributed by atoms with E-state index in [9.17, 15) is 18.0 Å². The fourth-order valence-corrected chi connectivity index (χ4v) is 3.60. The topological polar surface area (TPSA) is 26.3 Å². The van der Waals surface area contributed by atoms with Crippen LogP contribution in [0, 0.1) is 16.2 Å². The average Bonchev–Trinajstić information content (AvgIpc) is 2.47. The third-order valence-electron chi connectivity index (χ3n) is 5.14. The number of carbonyl (C=O) groups is 1. The Morgan fingerprint density at radius 3 is 1.59 bits per heavy atom. The van der Waals surface area contributed by atoms with Crippen molar-refractivity contribution in [3.8, 4) is 0 Å². The van der Waals surface area contributed by atoms with Gasteiger partial charge in [0, 0.05) is 0 Å². The van der Waals surface area contributed by atoms with Crippen LogP contribution in [-0.4, -0.2) is 18.8 Å². The van der Waals surface area contributed by atoms with Gasteiger partial charge in [-0.1, -0.05) is 93.4 Å². The van der Waals surface area contributed by atoms with Crippen molar-refractivity contribution in [2.45, 2.75) is 112 Å². The van der Waals surface area contributed by atoms with E-state index in [1.165, 1.54) is 46.5 Å². The Morgan fingerprint density at radius 2 is 1.22 bits per heavy atom. The van der Waals surface area contributed by atoms with Crippen LogP contribution in [0.15, 0.2) is 0 Å². The van der Waals surface area contributed by atoms with Crippen molar-refractivity contribution < 1.29 is 22.7 Å². The van der Waals surface area contributed by atoms with E-state index in [2.05, 4.69) is 6.92 Å². The summed E-state index contributed by atoms with van der Waals surface area (Å²) in [5.41, 5.74) is -4.44. The minimum atomic E-state index is -4.66. The highest BCUT2D eigenvalue weighted by molar-refractivity contribution is 5.79. The van der Waals surface area contributed by atoms with E-state index in [4.69, 9.17) is 4.74 Å². The smallest absolute Gasteiger partial charge is 0.405 e. The maximum Gasteiger partial charge on any atom is 0.405 e. The first-order chi connectivity index (χ1) is 12.2. The minimum Gasteiger partial charge on any atom is -0.465 e. The Hall–Kier alpha value is -0.740. The number of hydrogen-bond donors (Lipinski definition) is 0. The van der Waals surface area contributed by atoms with E-state index >= 15 is 0 Å². The van der Waals surface area contributed by atoms with Gasteiger partial charge in [0.25, 0.3) is 0 Å². The molecular formula is C22H41F3O2. The molecule has 0 aliphatic heterocycles. The van der Waals surface area contributed by atoms with Crippen molar-refractivity contribution in [2.24, 2.45) is 16.2 Å². The van der Waals surface area contributed by atoms with E-state index in [1.807, 2.05) is 0 Å². The molecule has 0 spiro atoms. The van der Waals surface area contributed by atoms with Crippen LogP contribution in [-0.2, 0) is 9.53 Å². The number of halogens is 3. The quantitative estimate of drug-likeness (QED) is 0.265. The molecule has 0 radical (unpaired) electrons. The van der Waals surface area contributed by atoms with E-state index < -0.39 is 28.4 Å². The van der Waals surface area contributed by atoms with Crippen molar-refractivity contribution >= 4 is 5.97 Å². The summed E-state index contributed by atoms with van der Waals surface area (Å²) in [5.74, 6) is -1.12. The molecule has 5 heteroatoms. The number of rotatable bonds is 11. The standard InChI is InChI=1S/C22H41F3O2/c1-8-9-10-11-12-13-14-15-16-27-18(26)21(20(5,6)7,22(23,24)25)17-19(2,3)4/h8-17H2,1-7H3. The van der Waals surface area contributed by atoms with Crippen LogP contribution in [0.1, 0.15) is 106 Å². The monoisotopic (exact) mass is 394 g/mol. The lowest BCUT2D eigenvalue weighted by atomic mass is 9.59. The lowest BCUT2D eigenvalue weighted by molar-refractivity contribution is -0.269. The van der Waals surface area contributed by atoms with Gasteiger partial charge in [-0.25, -0.2) is 0 Å². The van der Waals surface area contributed by atoms with Crippen LogP contribution < -0.4 is 0 Å². The summed E-state index contributed by atoms with van der Waals surface area (Å²) in [6.45, 7) is 11.8. The molecule has 0 aromatic carbocycles. The maximum absolute atomic E-state index is 14.1. The van der Waals surface area contributed by atoms with E-state index in [1.54, 1.807) is 20.8 Å². The Bertz CT molecular complexity index is 414. The number of carbonyl (C=O) groups excluding carboxylic acids is 1. The van der Waals surface area contributed by atoms with Crippen LogP contribution in [0.4, 0.5) is 13.2 Å². The molecular weight excluding hydrogens is 353 g/mol. The van der Waals surface area contributed by atoms with Gasteiger partial charge in [-0.05, 0) is 23.7 Å². The molecule has 162 valence electrons. The third-order valence-corrected chi connectivity index (χ3v) is 5.14. The molecule has 0 N–H and O–H groups in total. The summed E-state index contributed by atoms with van der Waals surface area (Å²) in [6.07, 6.45) is 3.60. The molecule has 27 heavy (non-hydrogen) atoms. The molecule has 0 fully saturated rings. The van der Waals surface area contributed by atoms with E-state index in [0.717, 1.165) is 19.3 Å². The number of hydrogen-bond acceptors (Lipinski definition) is 2. The fourth-order valence-electron chi connectivity index (χ4n) is 3.60. The zero-order chi connectivity index (χ0) is 21.4. The van der Waals surface area contributed by atoms with Gasteiger partial charge in [0.1, 0.15) is 0 Å². The average molecular weight is 395 g/mol. The van der Waals surface area contributed by atoms with Crippen LogP contribution in [0.5, 0.6) is 0 Å². The second-order valence-corrected chi connectivity index (χ2v) is 10.0. The Kier molecular flexibility index (Phi) is 10.4. The van der Waals surface area contributed by atoms with Gasteiger partial charge < -0.3 is 4.74 Å². The first-order valence-electron chi connectivity index (χ1n) is 10.4. The second-order valence-electron chi connectivity index (χ2n) is 10.0. The highest BCUT2D eigenvalue weighted by atomic mass is 19.4. The van der Waals surface area contributed by atoms with E-state index in [0.29, 0.717) is 6.42 Å². The van der Waals surface area contributed by atoms with Crippen LogP contribution in [0.2, 0.25) is 0 Å². The number of esters is 1. The predicted molar refractivity (Wildman–Crippen MR) is 106 cm³/mol. The van der Waals surface area contributed by atoms with Crippen LogP contribution >= 0.6 is 0 Å². The Balaban J connectivity index is 4.84. The molecule has 0 heterocycles. The number of alkyl halides is 3. The maximum atomic E-state index is 14.1. The van der Waals surface area contributed by atoms with Crippen molar-refractivity contribution in [1.29, 1.82) is 0 Å². The van der Waals surface area contributed by atoms with Gasteiger partial charge >= 0.3 is 12.1 Å². The predicted octanol–water partition coefficient (Wildman–Crippen LogP) is 7.70. The molecule has 0 amide bonds. The molecule has 1 atom stereocenters. The summed E-state index contributed by atoms with van der Waals surface area (Å²) in [5, 5.41) is 0. The third kappa shape index (κ3) is 8.43. The van der Waals surface area contributed by atoms with Gasteiger partial charge in [-0.3, -0.25) is 4.79 Å². The molecule has 0 aliphatic rings. The lowest BCUT2D eigenvalue weighted by Gasteiger charge is -2.46. The first-order valence-corrected chi connectivity index (χ1v) is 10.4. The van der Waals surface area contributed by atoms with Gasteiger partial charge in [0.05, 0.1) is 6.61 Å². The highest BCUT2D eigenvalue weighted by Gasteiger charge is 2.68. The highest BCUT2D eigenvalue weighted by Crippen LogP contribution is 2.57. The molecule has 0 saturated heterocycles. The van der Waals surface area contributed by atoms with Crippen LogP contribution in [0.25, 0.3) is 0 Å². The summed E-state index contributed by atoms with van der Waals surface area (Å²) < 4.78 is 47.6. The molecule has 1 unspecified atom stereocenters. The normalized spacial score (nSPS) is 15.5. The number of ether oxygens (including phenoxy) is 1. The van der Waals surface area contributed by atoms with Gasteiger partial charge in [-0.2, -0.15) is 13.2 Å². The van der Waals surface area contributed by atoms with E-state index in [-0.39, 0.29) is 13.0 Å².